The predicted octanol–water partition coefficient (Wildman–Crippen LogP) is 1.54. The quantitative estimate of drug-likeness (QED) is 0.760. The average Bonchev–Trinajstić information content (AvgIpc) is 2.84. The van der Waals surface area contributed by atoms with Gasteiger partial charge in [-0.05, 0) is 18.5 Å². The van der Waals surface area contributed by atoms with E-state index in [1.165, 1.54) is 11.5 Å². The second-order valence-corrected chi connectivity index (χ2v) is 4.01. The topological polar surface area (TPSA) is 57.0 Å². The number of esters is 1. The summed E-state index contributed by atoms with van der Waals surface area (Å²) in [4.78, 5) is 15.6. The van der Waals surface area contributed by atoms with Crippen LogP contribution in [0.2, 0.25) is 0 Å². The van der Waals surface area contributed by atoms with Crippen molar-refractivity contribution in [1.29, 1.82) is 0 Å². The summed E-state index contributed by atoms with van der Waals surface area (Å²) in [7, 11) is 1.85. The molecular formula is C10H11N3O2S. The van der Waals surface area contributed by atoms with Crippen molar-refractivity contribution in [2.75, 3.05) is 0 Å². The lowest BCUT2D eigenvalue weighted by atomic mass is 10.3. The van der Waals surface area contributed by atoms with Gasteiger partial charge < -0.3 is 9.30 Å². The molecule has 0 aliphatic carbocycles. The van der Waals surface area contributed by atoms with Crippen LogP contribution in [0.5, 0.6) is 0 Å². The van der Waals surface area contributed by atoms with E-state index in [2.05, 4.69) is 9.36 Å². The molecule has 0 N–H and O–H groups in total. The largest absolute Gasteiger partial charge is 0.456 e. The van der Waals surface area contributed by atoms with Gasteiger partial charge in [-0.15, -0.1) is 0 Å². The smallest absolute Gasteiger partial charge is 0.341 e. The number of aromatic nitrogens is 3. The van der Waals surface area contributed by atoms with Crippen LogP contribution in [-0.2, 0) is 18.4 Å². The summed E-state index contributed by atoms with van der Waals surface area (Å²) >= 11 is 1.25. The van der Waals surface area contributed by atoms with Gasteiger partial charge in [0.1, 0.15) is 6.61 Å². The van der Waals surface area contributed by atoms with Crippen LogP contribution >= 0.6 is 11.5 Å². The summed E-state index contributed by atoms with van der Waals surface area (Å²) in [5, 5.41) is 1.70. The predicted molar refractivity (Wildman–Crippen MR) is 59.2 cm³/mol. The van der Waals surface area contributed by atoms with Crippen molar-refractivity contribution in [2.45, 2.75) is 13.5 Å². The Morgan fingerprint density at radius 3 is 3.00 bits per heavy atom. The molecule has 2 aromatic heterocycles. The first-order chi connectivity index (χ1) is 7.68. The fraction of sp³-hybridized carbons (Fsp3) is 0.300. The third kappa shape index (κ3) is 2.11. The molecule has 84 valence electrons. The van der Waals surface area contributed by atoms with Gasteiger partial charge in [0.25, 0.3) is 0 Å². The molecule has 0 bridgehead atoms. The van der Waals surface area contributed by atoms with E-state index in [1.54, 1.807) is 24.8 Å². The third-order valence-corrected chi connectivity index (χ3v) is 2.96. The first kappa shape index (κ1) is 10.8. The molecule has 2 rings (SSSR count). The molecule has 0 aromatic carbocycles. The highest BCUT2D eigenvalue weighted by Crippen LogP contribution is 2.11. The van der Waals surface area contributed by atoms with E-state index in [0.717, 1.165) is 5.69 Å². The molecule has 0 aliphatic heterocycles. The monoisotopic (exact) mass is 237 g/mol. The van der Waals surface area contributed by atoms with Crippen LogP contribution in [0.25, 0.3) is 0 Å². The highest BCUT2D eigenvalue weighted by atomic mass is 32.1. The Balaban J connectivity index is 1.99. The number of nitrogens with zero attached hydrogens (tertiary/aromatic N) is 3. The zero-order chi connectivity index (χ0) is 11.5. The van der Waals surface area contributed by atoms with E-state index < -0.39 is 0 Å². The summed E-state index contributed by atoms with van der Waals surface area (Å²) in [6, 6.07) is 0. The van der Waals surface area contributed by atoms with Gasteiger partial charge in [0.2, 0.25) is 0 Å². The molecule has 0 aliphatic rings. The van der Waals surface area contributed by atoms with E-state index in [1.807, 2.05) is 11.6 Å². The van der Waals surface area contributed by atoms with Crippen LogP contribution in [0, 0.1) is 6.92 Å². The standard InChI is InChI=1S/C10H11N3O2S/c1-7-9(5-16-12-7)10(14)15-4-8-3-11-6-13(8)2/h3,5-6H,4H2,1-2H3. The molecule has 2 heterocycles. The van der Waals surface area contributed by atoms with Crippen molar-refractivity contribution < 1.29 is 9.53 Å². The number of ether oxygens (including phenoxy) is 1. The maximum atomic E-state index is 11.6. The normalized spacial score (nSPS) is 10.4. The Hall–Kier alpha value is -1.69. The van der Waals surface area contributed by atoms with E-state index in [9.17, 15) is 4.79 Å². The number of hydrogen-bond acceptors (Lipinski definition) is 5. The molecule has 0 amide bonds. The number of rotatable bonds is 3. The van der Waals surface area contributed by atoms with Crippen molar-refractivity contribution in [3.05, 3.63) is 34.9 Å². The highest BCUT2D eigenvalue weighted by molar-refractivity contribution is 7.03. The molecule has 5 nitrogen and oxygen atoms in total. The molecule has 2 aromatic rings. The summed E-state index contributed by atoms with van der Waals surface area (Å²) in [5.41, 5.74) is 2.10. The van der Waals surface area contributed by atoms with Crippen molar-refractivity contribution in [3.8, 4) is 0 Å². The Labute approximate surface area is 96.9 Å². The lowest BCUT2D eigenvalue weighted by molar-refractivity contribution is 0.0464. The van der Waals surface area contributed by atoms with Crippen molar-refractivity contribution in [3.63, 3.8) is 0 Å². The van der Waals surface area contributed by atoms with Crippen LogP contribution in [0.3, 0.4) is 0 Å². The first-order valence-electron chi connectivity index (χ1n) is 4.72. The number of aryl methyl sites for hydroxylation is 2. The van der Waals surface area contributed by atoms with Gasteiger partial charge in [-0.2, -0.15) is 4.37 Å². The fourth-order valence-electron chi connectivity index (χ4n) is 1.23. The van der Waals surface area contributed by atoms with E-state index >= 15 is 0 Å². The number of imidazole rings is 1. The molecule has 0 spiro atoms. The minimum Gasteiger partial charge on any atom is -0.456 e. The van der Waals surface area contributed by atoms with Crippen LogP contribution in [0.4, 0.5) is 0 Å². The van der Waals surface area contributed by atoms with E-state index in [-0.39, 0.29) is 12.6 Å². The minimum atomic E-state index is -0.340. The van der Waals surface area contributed by atoms with Gasteiger partial charge in [-0.25, -0.2) is 9.78 Å². The second-order valence-electron chi connectivity index (χ2n) is 3.39. The van der Waals surface area contributed by atoms with Crippen molar-refractivity contribution in [2.24, 2.45) is 7.05 Å². The van der Waals surface area contributed by atoms with Crippen molar-refractivity contribution >= 4 is 17.5 Å². The zero-order valence-corrected chi connectivity index (χ0v) is 9.82. The van der Waals surface area contributed by atoms with Crippen LogP contribution < -0.4 is 0 Å². The molecule has 0 radical (unpaired) electrons. The number of hydrogen-bond donors (Lipinski definition) is 0. The van der Waals surface area contributed by atoms with Gasteiger partial charge in [-0.3, -0.25) is 0 Å². The molecule has 16 heavy (non-hydrogen) atoms. The zero-order valence-electron chi connectivity index (χ0n) is 9.01. The summed E-state index contributed by atoms with van der Waals surface area (Å²) in [5.74, 6) is -0.340. The van der Waals surface area contributed by atoms with Crippen LogP contribution in [0.15, 0.2) is 17.9 Å². The van der Waals surface area contributed by atoms with Crippen LogP contribution in [-0.4, -0.2) is 19.9 Å². The molecule has 0 unspecified atom stereocenters. The summed E-state index contributed by atoms with van der Waals surface area (Å²) in [6.45, 7) is 2.02. The van der Waals surface area contributed by atoms with Gasteiger partial charge in [0.05, 0.1) is 29.5 Å². The Morgan fingerprint density at radius 2 is 2.44 bits per heavy atom. The number of carbonyl (C=O) groups excluding carboxylic acids is 1. The average molecular weight is 237 g/mol. The van der Waals surface area contributed by atoms with Crippen molar-refractivity contribution in [1.82, 2.24) is 13.9 Å². The maximum Gasteiger partial charge on any atom is 0.341 e. The molecule has 0 saturated heterocycles. The fourth-order valence-corrected chi connectivity index (χ4v) is 1.91. The molecule has 0 fully saturated rings. The number of carbonyl (C=O) groups is 1. The Bertz CT molecular complexity index is 504. The molecule has 0 saturated carbocycles. The van der Waals surface area contributed by atoms with Gasteiger partial charge in [0.15, 0.2) is 0 Å². The summed E-state index contributed by atoms with van der Waals surface area (Å²) < 4.78 is 11.0. The SMILES string of the molecule is Cc1nscc1C(=O)OCc1cncn1C. The maximum absolute atomic E-state index is 11.6. The molecule has 0 atom stereocenters. The summed E-state index contributed by atoms with van der Waals surface area (Å²) in [6.07, 6.45) is 3.34. The molecule has 6 heteroatoms. The van der Waals surface area contributed by atoms with E-state index in [4.69, 9.17) is 4.74 Å². The molecular weight excluding hydrogens is 226 g/mol. The van der Waals surface area contributed by atoms with Gasteiger partial charge in [0, 0.05) is 12.4 Å². The minimum absolute atomic E-state index is 0.227. The lowest BCUT2D eigenvalue weighted by Crippen LogP contribution is -2.07. The highest BCUT2D eigenvalue weighted by Gasteiger charge is 2.13. The third-order valence-electron chi connectivity index (χ3n) is 2.24. The van der Waals surface area contributed by atoms with E-state index in [0.29, 0.717) is 11.3 Å². The van der Waals surface area contributed by atoms with Gasteiger partial charge >= 0.3 is 5.97 Å². The van der Waals surface area contributed by atoms with Crippen LogP contribution in [0.1, 0.15) is 21.7 Å². The second kappa shape index (κ2) is 4.44. The Kier molecular flexibility index (Phi) is 3.00. The van der Waals surface area contributed by atoms with Gasteiger partial charge in [-0.1, -0.05) is 0 Å². The first-order valence-corrected chi connectivity index (χ1v) is 5.55. The Morgan fingerprint density at radius 1 is 1.62 bits per heavy atom. The lowest BCUT2D eigenvalue weighted by Gasteiger charge is -2.04.